The van der Waals surface area contributed by atoms with Crippen LogP contribution >= 0.6 is 0 Å². The summed E-state index contributed by atoms with van der Waals surface area (Å²) in [5.74, 6) is 0. The lowest BCUT2D eigenvalue weighted by Gasteiger charge is -2.16. The Morgan fingerprint density at radius 2 is 1.94 bits per heavy atom. The summed E-state index contributed by atoms with van der Waals surface area (Å²) in [4.78, 5) is 20.7. The van der Waals surface area contributed by atoms with Gasteiger partial charge in [-0.15, -0.1) is 0 Å². The van der Waals surface area contributed by atoms with Crippen LogP contribution in [-0.2, 0) is 5.66 Å². The van der Waals surface area contributed by atoms with Gasteiger partial charge in [0.2, 0.25) is 0 Å². The molecule has 1 aromatic carbocycles. The van der Waals surface area contributed by atoms with Gasteiger partial charge in [0.1, 0.15) is 0 Å². The van der Waals surface area contributed by atoms with E-state index in [1.807, 2.05) is 0 Å². The van der Waals surface area contributed by atoms with Gasteiger partial charge in [0.25, 0.3) is 5.69 Å². The Hall–Kier alpha value is -2.51. The number of hydrogen-bond donors (Lipinski definition) is 0. The molecule has 0 spiro atoms. The minimum Gasteiger partial charge on any atom is -0.262 e. The Morgan fingerprint density at radius 3 is 2.50 bits per heavy atom. The molecule has 0 amide bonds. The smallest absolute Gasteiger partial charge is 0.262 e. The summed E-state index contributed by atoms with van der Waals surface area (Å²) in [5, 5.41) is 26.3. The SMILES string of the molecule is CC(C)(n1ncc2ccc([N+](=O)[O-])cc21)[N+](=O)[O-]. The van der Waals surface area contributed by atoms with Gasteiger partial charge in [0, 0.05) is 36.3 Å². The van der Waals surface area contributed by atoms with Crippen LogP contribution in [0.15, 0.2) is 24.4 Å². The van der Waals surface area contributed by atoms with Crippen LogP contribution in [0.4, 0.5) is 5.69 Å². The standard InChI is InChI=1S/C10H10N4O4/c1-10(2,14(17)18)12-9-5-8(13(15)16)4-3-7(9)6-11-12/h3-6H,1-2H3. The van der Waals surface area contributed by atoms with Crippen molar-refractivity contribution in [2.45, 2.75) is 19.5 Å². The highest BCUT2D eigenvalue weighted by Crippen LogP contribution is 2.25. The second-order valence-electron chi connectivity index (χ2n) is 4.31. The summed E-state index contributed by atoms with van der Waals surface area (Å²) in [6, 6.07) is 4.15. The van der Waals surface area contributed by atoms with E-state index in [2.05, 4.69) is 5.10 Å². The monoisotopic (exact) mass is 250 g/mol. The third kappa shape index (κ3) is 1.67. The predicted octanol–water partition coefficient (Wildman–Crippen LogP) is 1.91. The van der Waals surface area contributed by atoms with Crippen LogP contribution in [0, 0.1) is 20.2 Å². The van der Waals surface area contributed by atoms with Crippen molar-refractivity contribution in [3.05, 3.63) is 44.6 Å². The molecule has 0 radical (unpaired) electrons. The third-order valence-corrected chi connectivity index (χ3v) is 2.73. The number of nitrogens with zero attached hydrogens (tertiary/aromatic N) is 4. The summed E-state index contributed by atoms with van der Waals surface area (Å²) in [5.41, 5.74) is -1.22. The van der Waals surface area contributed by atoms with Crippen molar-refractivity contribution in [3.63, 3.8) is 0 Å². The molecule has 0 aliphatic heterocycles. The minimum atomic E-state index is -1.46. The summed E-state index contributed by atoms with van der Waals surface area (Å²) < 4.78 is 1.18. The summed E-state index contributed by atoms with van der Waals surface area (Å²) in [6.45, 7) is 2.77. The highest BCUT2D eigenvalue weighted by molar-refractivity contribution is 5.81. The quantitative estimate of drug-likeness (QED) is 0.611. The lowest BCUT2D eigenvalue weighted by Crippen LogP contribution is -2.35. The predicted molar refractivity (Wildman–Crippen MR) is 62.7 cm³/mol. The van der Waals surface area contributed by atoms with Gasteiger partial charge in [0.15, 0.2) is 0 Å². The first kappa shape index (κ1) is 12.0. The zero-order chi connectivity index (χ0) is 13.5. The van der Waals surface area contributed by atoms with Gasteiger partial charge in [-0.3, -0.25) is 20.2 Å². The maximum absolute atomic E-state index is 11.0. The molecule has 94 valence electrons. The van der Waals surface area contributed by atoms with Crippen molar-refractivity contribution in [3.8, 4) is 0 Å². The fraction of sp³-hybridized carbons (Fsp3) is 0.300. The second-order valence-corrected chi connectivity index (χ2v) is 4.31. The largest absolute Gasteiger partial charge is 0.308 e. The van der Waals surface area contributed by atoms with E-state index in [-0.39, 0.29) is 5.69 Å². The molecule has 0 atom stereocenters. The molecule has 0 aliphatic carbocycles. The first-order chi connectivity index (χ1) is 8.34. The van der Waals surface area contributed by atoms with Crippen LogP contribution in [-0.4, -0.2) is 19.6 Å². The molecule has 2 aromatic rings. The average molecular weight is 250 g/mol. The molecule has 1 heterocycles. The number of rotatable bonds is 3. The molecule has 0 bridgehead atoms. The molecule has 2 rings (SSSR count). The summed E-state index contributed by atoms with van der Waals surface area (Å²) in [6.07, 6.45) is 1.45. The molecule has 1 aromatic heterocycles. The number of benzene rings is 1. The van der Waals surface area contributed by atoms with Crippen LogP contribution in [0.1, 0.15) is 13.8 Å². The number of fused-ring (bicyclic) bond motifs is 1. The number of aromatic nitrogens is 2. The van der Waals surface area contributed by atoms with E-state index in [0.717, 1.165) is 0 Å². The zero-order valence-electron chi connectivity index (χ0n) is 9.73. The van der Waals surface area contributed by atoms with Gasteiger partial charge in [-0.25, -0.2) is 0 Å². The maximum Gasteiger partial charge on any atom is 0.308 e. The van der Waals surface area contributed by atoms with E-state index < -0.39 is 15.5 Å². The number of nitro groups is 2. The van der Waals surface area contributed by atoms with Crippen molar-refractivity contribution in [2.75, 3.05) is 0 Å². The normalized spacial score (nSPS) is 11.7. The lowest BCUT2D eigenvalue weighted by molar-refractivity contribution is -0.592. The van der Waals surface area contributed by atoms with Crippen molar-refractivity contribution in [2.24, 2.45) is 0 Å². The molecular formula is C10H10N4O4. The molecule has 8 heteroatoms. The molecule has 0 N–H and O–H groups in total. The Kier molecular flexibility index (Phi) is 2.50. The van der Waals surface area contributed by atoms with Gasteiger partial charge in [-0.2, -0.15) is 9.78 Å². The fourth-order valence-corrected chi connectivity index (χ4v) is 1.63. The number of hydrogen-bond acceptors (Lipinski definition) is 5. The summed E-state index contributed by atoms with van der Waals surface area (Å²) in [7, 11) is 0. The van der Waals surface area contributed by atoms with Crippen LogP contribution in [0.2, 0.25) is 0 Å². The van der Waals surface area contributed by atoms with Crippen LogP contribution < -0.4 is 0 Å². The Bertz CT molecular complexity index is 646. The Morgan fingerprint density at radius 1 is 1.28 bits per heavy atom. The van der Waals surface area contributed by atoms with E-state index in [1.54, 1.807) is 0 Å². The van der Waals surface area contributed by atoms with Gasteiger partial charge in [-0.1, -0.05) is 0 Å². The van der Waals surface area contributed by atoms with Gasteiger partial charge < -0.3 is 0 Å². The molecular weight excluding hydrogens is 240 g/mol. The van der Waals surface area contributed by atoms with Gasteiger partial charge in [-0.05, 0) is 6.07 Å². The molecule has 0 unspecified atom stereocenters. The van der Waals surface area contributed by atoms with Crippen LogP contribution in [0.5, 0.6) is 0 Å². The molecule has 0 saturated carbocycles. The van der Waals surface area contributed by atoms with Crippen LogP contribution in [0.3, 0.4) is 0 Å². The Labute approximate surface area is 101 Å². The Balaban J connectivity index is 2.69. The van der Waals surface area contributed by atoms with Crippen molar-refractivity contribution in [1.29, 1.82) is 0 Å². The highest BCUT2D eigenvalue weighted by atomic mass is 16.6. The highest BCUT2D eigenvalue weighted by Gasteiger charge is 2.35. The average Bonchev–Trinajstić information content (AvgIpc) is 2.71. The molecule has 0 saturated heterocycles. The molecule has 0 fully saturated rings. The van der Waals surface area contributed by atoms with E-state index in [4.69, 9.17) is 0 Å². The number of non-ortho nitro benzene ring substituents is 1. The lowest BCUT2D eigenvalue weighted by atomic mass is 10.2. The number of nitro benzene ring substituents is 1. The first-order valence-electron chi connectivity index (χ1n) is 5.11. The fourth-order valence-electron chi connectivity index (χ4n) is 1.63. The molecule has 18 heavy (non-hydrogen) atoms. The van der Waals surface area contributed by atoms with Crippen molar-refractivity contribution in [1.82, 2.24) is 9.78 Å². The minimum absolute atomic E-state index is 0.122. The second kappa shape index (κ2) is 3.76. The van der Waals surface area contributed by atoms with Gasteiger partial charge in [0.05, 0.1) is 16.6 Å². The van der Waals surface area contributed by atoms with Crippen molar-refractivity contribution < 1.29 is 9.85 Å². The first-order valence-corrected chi connectivity index (χ1v) is 5.11. The topological polar surface area (TPSA) is 104 Å². The zero-order valence-corrected chi connectivity index (χ0v) is 9.73. The van der Waals surface area contributed by atoms with E-state index in [0.29, 0.717) is 10.9 Å². The van der Waals surface area contributed by atoms with E-state index in [1.165, 1.54) is 42.9 Å². The third-order valence-electron chi connectivity index (χ3n) is 2.73. The van der Waals surface area contributed by atoms with Crippen LogP contribution in [0.25, 0.3) is 10.9 Å². The van der Waals surface area contributed by atoms with E-state index in [9.17, 15) is 20.2 Å². The van der Waals surface area contributed by atoms with Crippen molar-refractivity contribution >= 4 is 16.6 Å². The molecule has 0 aliphatic rings. The van der Waals surface area contributed by atoms with Gasteiger partial charge >= 0.3 is 5.66 Å². The molecule has 8 nitrogen and oxygen atoms in total. The summed E-state index contributed by atoms with van der Waals surface area (Å²) >= 11 is 0. The van der Waals surface area contributed by atoms with E-state index >= 15 is 0 Å². The maximum atomic E-state index is 11.0.